The number of carbonyl (C=O) groups is 1. The summed E-state index contributed by atoms with van der Waals surface area (Å²) in [5.74, 6) is 1.56. The van der Waals surface area contributed by atoms with Gasteiger partial charge >= 0.3 is 6.01 Å². The van der Waals surface area contributed by atoms with E-state index in [1.165, 1.54) is 14.2 Å². The molecule has 0 unspecified atom stereocenters. The van der Waals surface area contributed by atoms with Crippen molar-refractivity contribution in [2.45, 2.75) is 0 Å². The Labute approximate surface area is 149 Å². The Balaban J connectivity index is 1.78. The van der Waals surface area contributed by atoms with Gasteiger partial charge in [0.1, 0.15) is 5.75 Å². The number of hydrogen-bond acceptors (Lipinski definition) is 7. The van der Waals surface area contributed by atoms with Crippen LogP contribution < -0.4 is 19.5 Å². The third kappa shape index (κ3) is 3.59. The maximum absolute atomic E-state index is 12.3. The largest absolute Gasteiger partial charge is 0.497 e. The molecular formula is C18H17N3O5. The molecule has 1 heterocycles. The van der Waals surface area contributed by atoms with E-state index in [2.05, 4.69) is 15.5 Å². The normalized spacial score (nSPS) is 10.3. The smallest absolute Gasteiger partial charge is 0.322 e. The van der Waals surface area contributed by atoms with Gasteiger partial charge in [-0.25, -0.2) is 0 Å². The van der Waals surface area contributed by atoms with Crippen molar-refractivity contribution in [2.24, 2.45) is 0 Å². The van der Waals surface area contributed by atoms with Gasteiger partial charge in [-0.05, 0) is 36.4 Å². The van der Waals surface area contributed by atoms with Crippen molar-refractivity contribution in [2.75, 3.05) is 26.6 Å². The third-order valence-electron chi connectivity index (χ3n) is 3.61. The van der Waals surface area contributed by atoms with E-state index in [9.17, 15) is 4.79 Å². The van der Waals surface area contributed by atoms with Gasteiger partial charge in [0.05, 0.1) is 21.3 Å². The van der Waals surface area contributed by atoms with Gasteiger partial charge in [-0.2, -0.15) is 0 Å². The van der Waals surface area contributed by atoms with E-state index in [0.29, 0.717) is 28.4 Å². The fraction of sp³-hybridized carbons (Fsp3) is 0.167. The number of benzene rings is 2. The monoisotopic (exact) mass is 355 g/mol. The Kier molecular flexibility index (Phi) is 5.02. The van der Waals surface area contributed by atoms with Crippen LogP contribution in [0.2, 0.25) is 0 Å². The summed E-state index contributed by atoms with van der Waals surface area (Å²) < 4.78 is 21.1. The van der Waals surface area contributed by atoms with Gasteiger partial charge in [0.15, 0.2) is 11.5 Å². The van der Waals surface area contributed by atoms with Gasteiger partial charge in [0.2, 0.25) is 5.89 Å². The van der Waals surface area contributed by atoms with Crippen LogP contribution in [0.25, 0.3) is 11.5 Å². The molecule has 26 heavy (non-hydrogen) atoms. The summed E-state index contributed by atoms with van der Waals surface area (Å²) in [6.07, 6.45) is 0. The first kappa shape index (κ1) is 17.3. The summed E-state index contributed by atoms with van der Waals surface area (Å²) in [6.45, 7) is 0. The molecule has 0 saturated heterocycles. The van der Waals surface area contributed by atoms with Crippen LogP contribution in [-0.2, 0) is 0 Å². The Morgan fingerprint density at radius 2 is 1.77 bits per heavy atom. The molecule has 0 bridgehead atoms. The molecule has 0 fully saturated rings. The summed E-state index contributed by atoms with van der Waals surface area (Å²) in [5.41, 5.74) is 1.05. The van der Waals surface area contributed by atoms with Crippen LogP contribution in [0.3, 0.4) is 0 Å². The summed E-state index contributed by atoms with van der Waals surface area (Å²) in [7, 11) is 4.62. The van der Waals surface area contributed by atoms with Crippen molar-refractivity contribution in [1.29, 1.82) is 0 Å². The molecule has 2 aromatic carbocycles. The average molecular weight is 355 g/mol. The minimum Gasteiger partial charge on any atom is -0.497 e. The number of nitrogens with one attached hydrogen (secondary N) is 1. The van der Waals surface area contributed by atoms with Crippen LogP contribution in [0.1, 0.15) is 10.4 Å². The maximum atomic E-state index is 12.3. The van der Waals surface area contributed by atoms with Crippen molar-refractivity contribution in [3.63, 3.8) is 0 Å². The molecule has 0 radical (unpaired) electrons. The lowest BCUT2D eigenvalue weighted by Crippen LogP contribution is -2.12. The van der Waals surface area contributed by atoms with Crippen LogP contribution >= 0.6 is 0 Å². The van der Waals surface area contributed by atoms with Crippen LogP contribution in [0.15, 0.2) is 46.9 Å². The first-order chi connectivity index (χ1) is 12.6. The number of ether oxygens (including phenoxy) is 3. The second-order valence-electron chi connectivity index (χ2n) is 5.17. The van der Waals surface area contributed by atoms with Crippen molar-refractivity contribution in [1.82, 2.24) is 10.2 Å². The van der Waals surface area contributed by atoms with Crippen LogP contribution in [-0.4, -0.2) is 37.4 Å². The fourth-order valence-corrected chi connectivity index (χ4v) is 2.29. The molecule has 8 heteroatoms. The van der Waals surface area contributed by atoms with E-state index in [0.717, 1.165) is 0 Å². The zero-order valence-corrected chi connectivity index (χ0v) is 14.5. The summed E-state index contributed by atoms with van der Waals surface area (Å²) in [5, 5.41) is 10.4. The van der Waals surface area contributed by atoms with E-state index in [1.54, 1.807) is 49.6 Å². The van der Waals surface area contributed by atoms with Crippen LogP contribution in [0.5, 0.6) is 17.2 Å². The second kappa shape index (κ2) is 7.56. The minimum absolute atomic E-state index is 0.0115. The standard InChI is InChI=1S/C18H17N3O5/c1-23-13-6-4-5-11(9-13)16(22)19-18-21-20-17(26-18)12-7-8-14(24-2)15(10-12)25-3/h4-10H,1-3H3,(H,19,21,22). The lowest BCUT2D eigenvalue weighted by atomic mass is 10.2. The summed E-state index contributed by atoms with van der Waals surface area (Å²) in [4.78, 5) is 12.3. The lowest BCUT2D eigenvalue weighted by Gasteiger charge is -2.07. The second-order valence-corrected chi connectivity index (χ2v) is 5.17. The summed E-state index contributed by atoms with van der Waals surface area (Å²) >= 11 is 0. The van der Waals surface area contributed by atoms with Gasteiger partial charge in [0.25, 0.3) is 5.91 Å². The number of hydrogen-bond donors (Lipinski definition) is 1. The van der Waals surface area contributed by atoms with Crippen LogP contribution in [0.4, 0.5) is 6.01 Å². The molecular weight excluding hydrogens is 338 g/mol. The molecule has 0 aliphatic rings. The number of nitrogens with zero attached hydrogens (tertiary/aromatic N) is 2. The van der Waals surface area contributed by atoms with Gasteiger partial charge in [0, 0.05) is 11.1 Å². The molecule has 0 spiro atoms. The molecule has 0 aliphatic heterocycles. The van der Waals surface area contributed by atoms with Gasteiger partial charge in [-0.15, -0.1) is 5.10 Å². The molecule has 0 saturated carbocycles. The Morgan fingerprint density at radius 3 is 2.50 bits per heavy atom. The quantitative estimate of drug-likeness (QED) is 0.726. The van der Waals surface area contributed by atoms with E-state index in [-0.39, 0.29) is 17.8 Å². The zero-order chi connectivity index (χ0) is 18.5. The third-order valence-corrected chi connectivity index (χ3v) is 3.61. The van der Waals surface area contributed by atoms with E-state index in [1.807, 2.05) is 0 Å². The molecule has 134 valence electrons. The highest BCUT2D eigenvalue weighted by Gasteiger charge is 2.15. The molecule has 1 aromatic heterocycles. The number of rotatable bonds is 6. The SMILES string of the molecule is COc1cccc(C(=O)Nc2nnc(-c3ccc(OC)c(OC)c3)o2)c1. The highest BCUT2D eigenvalue weighted by Crippen LogP contribution is 2.32. The van der Waals surface area contributed by atoms with Gasteiger partial charge in [-0.3, -0.25) is 10.1 Å². The highest BCUT2D eigenvalue weighted by molar-refractivity contribution is 6.03. The van der Waals surface area contributed by atoms with Gasteiger partial charge < -0.3 is 18.6 Å². The number of methoxy groups -OCH3 is 3. The number of amides is 1. The van der Waals surface area contributed by atoms with Gasteiger partial charge in [-0.1, -0.05) is 11.2 Å². The first-order valence-corrected chi connectivity index (χ1v) is 7.66. The van der Waals surface area contributed by atoms with E-state index in [4.69, 9.17) is 18.6 Å². The Hall–Kier alpha value is -3.55. The molecule has 3 rings (SSSR count). The predicted octanol–water partition coefficient (Wildman–Crippen LogP) is 3.01. The number of anilines is 1. The topological polar surface area (TPSA) is 95.7 Å². The molecule has 8 nitrogen and oxygen atoms in total. The zero-order valence-electron chi connectivity index (χ0n) is 14.5. The lowest BCUT2D eigenvalue weighted by molar-refractivity contribution is 0.102. The maximum Gasteiger partial charge on any atom is 0.322 e. The fourth-order valence-electron chi connectivity index (χ4n) is 2.29. The molecule has 1 amide bonds. The summed E-state index contributed by atoms with van der Waals surface area (Å²) in [6, 6.07) is 11.9. The molecule has 0 atom stereocenters. The van der Waals surface area contributed by atoms with Crippen molar-refractivity contribution in [3.05, 3.63) is 48.0 Å². The predicted molar refractivity (Wildman–Crippen MR) is 93.8 cm³/mol. The highest BCUT2D eigenvalue weighted by atomic mass is 16.5. The number of carbonyl (C=O) groups excluding carboxylic acids is 1. The Bertz CT molecular complexity index is 923. The number of aromatic nitrogens is 2. The Morgan fingerprint density at radius 1 is 0.962 bits per heavy atom. The van der Waals surface area contributed by atoms with E-state index < -0.39 is 0 Å². The molecule has 0 aliphatic carbocycles. The average Bonchev–Trinajstić information content (AvgIpc) is 3.15. The van der Waals surface area contributed by atoms with Crippen molar-refractivity contribution in [3.8, 4) is 28.7 Å². The molecule has 3 aromatic rings. The minimum atomic E-state index is -0.383. The molecule has 1 N–H and O–H groups in total. The first-order valence-electron chi connectivity index (χ1n) is 7.66. The van der Waals surface area contributed by atoms with Crippen molar-refractivity contribution < 1.29 is 23.4 Å². The van der Waals surface area contributed by atoms with E-state index >= 15 is 0 Å². The van der Waals surface area contributed by atoms with Crippen molar-refractivity contribution >= 4 is 11.9 Å². The van der Waals surface area contributed by atoms with Crippen LogP contribution in [0, 0.1) is 0 Å².